The van der Waals surface area contributed by atoms with E-state index >= 15 is 0 Å². The molecule has 0 aromatic carbocycles. The maximum atomic E-state index is 4.21. The molecular weight excluding hydrogens is 200 g/mol. The van der Waals surface area contributed by atoms with Crippen LogP contribution in [-0.2, 0) is 7.05 Å². The van der Waals surface area contributed by atoms with E-state index in [0.29, 0.717) is 0 Å². The summed E-state index contributed by atoms with van der Waals surface area (Å²) >= 11 is 0. The SMILES string of the molecule is CCNC(c1ccncc1)c1ccnn1C. The van der Waals surface area contributed by atoms with Gasteiger partial charge in [0.05, 0.1) is 11.7 Å². The van der Waals surface area contributed by atoms with Crippen molar-refractivity contribution in [1.82, 2.24) is 20.1 Å². The van der Waals surface area contributed by atoms with E-state index < -0.39 is 0 Å². The average molecular weight is 216 g/mol. The fourth-order valence-electron chi connectivity index (χ4n) is 1.82. The first-order valence-corrected chi connectivity index (χ1v) is 5.44. The van der Waals surface area contributed by atoms with Gasteiger partial charge < -0.3 is 5.32 Å². The van der Waals surface area contributed by atoms with Crippen LogP contribution in [0.4, 0.5) is 0 Å². The van der Waals surface area contributed by atoms with Crippen LogP contribution in [0.15, 0.2) is 36.8 Å². The van der Waals surface area contributed by atoms with Gasteiger partial charge in [-0.1, -0.05) is 6.92 Å². The molecule has 1 unspecified atom stereocenters. The summed E-state index contributed by atoms with van der Waals surface area (Å²) in [6.07, 6.45) is 5.45. The predicted octanol–water partition coefficient (Wildman–Crippen LogP) is 1.51. The highest BCUT2D eigenvalue weighted by Gasteiger charge is 2.15. The average Bonchev–Trinajstić information content (AvgIpc) is 2.73. The Morgan fingerprint density at radius 2 is 2.00 bits per heavy atom. The van der Waals surface area contributed by atoms with Gasteiger partial charge in [0.1, 0.15) is 0 Å². The molecule has 0 saturated carbocycles. The van der Waals surface area contributed by atoms with Gasteiger partial charge in [-0.15, -0.1) is 0 Å². The minimum Gasteiger partial charge on any atom is -0.305 e. The second-order valence-electron chi connectivity index (χ2n) is 3.65. The fourth-order valence-corrected chi connectivity index (χ4v) is 1.82. The zero-order valence-corrected chi connectivity index (χ0v) is 9.59. The van der Waals surface area contributed by atoms with E-state index in [9.17, 15) is 0 Å². The van der Waals surface area contributed by atoms with Gasteiger partial charge in [0.15, 0.2) is 0 Å². The molecule has 0 aliphatic rings. The normalized spacial score (nSPS) is 12.6. The van der Waals surface area contributed by atoms with Crippen LogP contribution < -0.4 is 5.32 Å². The van der Waals surface area contributed by atoms with Gasteiger partial charge in [0.2, 0.25) is 0 Å². The third-order valence-electron chi connectivity index (χ3n) is 2.60. The van der Waals surface area contributed by atoms with Crippen LogP contribution in [0.1, 0.15) is 24.2 Å². The zero-order valence-electron chi connectivity index (χ0n) is 9.59. The summed E-state index contributed by atoms with van der Waals surface area (Å²) in [5, 5.41) is 7.66. The molecule has 0 saturated heterocycles. The molecule has 4 nitrogen and oxygen atoms in total. The van der Waals surface area contributed by atoms with E-state index in [1.165, 1.54) is 5.56 Å². The van der Waals surface area contributed by atoms with Crippen molar-refractivity contribution >= 4 is 0 Å². The van der Waals surface area contributed by atoms with Crippen LogP contribution in [0.25, 0.3) is 0 Å². The molecule has 2 rings (SSSR count). The Bertz CT molecular complexity index is 435. The summed E-state index contributed by atoms with van der Waals surface area (Å²) < 4.78 is 1.90. The van der Waals surface area contributed by atoms with E-state index in [4.69, 9.17) is 0 Å². The predicted molar refractivity (Wildman–Crippen MR) is 63.0 cm³/mol. The largest absolute Gasteiger partial charge is 0.305 e. The summed E-state index contributed by atoms with van der Waals surface area (Å²) in [5.41, 5.74) is 2.37. The first kappa shape index (κ1) is 10.8. The summed E-state index contributed by atoms with van der Waals surface area (Å²) in [6.45, 7) is 3.02. The molecule has 2 aromatic rings. The molecule has 0 spiro atoms. The molecule has 0 bridgehead atoms. The van der Waals surface area contributed by atoms with Crippen molar-refractivity contribution in [3.8, 4) is 0 Å². The van der Waals surface area contributed by atoms with Gasteiger partial charge in [-0.05, 0) is 30.3 Å². The smallest absolute Gasteiger partial charge is 0.0749 e. The van der Waals surface area contributed by atoms with Gasteiger partial charge in [0, 0.05) is 25.6 Å². The Morgan fingerprint density at radius 3 is 2.56 bits per heavy atom. The van der Waals surface area contributed by atoms with Crippen LogP contribution >= 0.6 is 0 Å². The van der Waals surface area contributed by atoms with Crippen molar-refractivity contribution in [2.45, 2.75) is 13.0 Å². The Balaban J connectivity index is 2.35. The van der Waals surface area contributed by atoms with Crippen molar-refractivity contribution in [2.24, 2.45) is 7.05 Å². The molecule has 1 atom stereocenters. The standard InChI is InChI=1S/C12H16N4/c1-3-14-12(10-4-7-13-8-5-10)11-6-9-15-16(11)2/h4-9,12,14H,3H2,1-2H3. The van der Waals surface area contributed by atoms with Crippen LogP contribution in [0, 0.1) is 0 Å². The molecule has 0 amide bonds. The Kier molecular flexibility index (Phi) is 3.31. The van der Waals surface area contributed by atoms with Crippen molar-refractivity contribution in [1.29, 1.82) is 0 Å². The molecule has 84 valence electrons. The number of nitrogens with zero attached hydrogens (tertiary/aromatic N) is 3. The van der Waals surface area contributed by atoms with E-state index in [2.05, 4.69) is 22.3 Å². The summed E-state index contributed by atoms with van der Waals surface area (Å²) in [6, 6.07) is 6.27. The van der Waals surface area contributed by atoms with Crippen molar-refractivity contribution in [3.63, 3.8) is 0 Å². The number of aromatic nitrogens is 3. The molecule has 0 aliphatic carbocycles. The molecular formula is C12H16N4. The van der Waals surface area contributed by atoms with Crippen molar-refractivity contribution in [2.75, 3.05) is 6.54 Å². The number of hydrogen-bond donors (Lipinski definition) is 1. The third kappa shape index (κ3) is 2.12. The minimum atomic E-state index is 0.181. The van der Waals surface area contributed by atoms with E-state index in [0.717, 1.165) is 12.2 Å². The lowest BCUT2D eigenvalue weighted by molar-refractivity contribution is 0.572. The van der Waals surface area contributed by atoms with Gasteiger partial charge in [-0.2, -0.15) is 5.10 Å². The lowest BCUT2D eigenvalue weighted by Crippen LogP contribution is -2.24. The molecule has 2 heterocycles. The first-order chi connectivity index (χ1) is 7.83. The fraction of sp³-hybridized carbons (Fsp3) is 0.333. The molecule has 4 heteroatoms. The lowest BCUT2D eigenvalue weighted by Gasteiger charge is -2.18. The number of hydrogen-bond acceptors (Lipinski definition) is 3. The van der Waals surface area contributed by atoms with E-state index in [-0.39, 0.29) is 6.04 Å². The Labute approximate surface area is 95.3 Å². The quantitative estimate of drug-likeness (QED) is 0.842. The van der Waals surface area contributed by atoms with Gasteiger partial charge in [-0.3, -0.25) is 9.67 Å². The van der Waals surface area contributed by atoms with Crippen LogP contribution in [-0.4, -0.2) is 21.3 Å². The maximum absolute atomic E-state index is 4.21. The highest BCUT2D eigenvalue weighted by molar-refractivity contribution is 5.25. The minimum absolute atomic E-state index is 0.181. The molecule has 1 N–H and O–H groups in total. The number of nitrogens with one attached hydrogen (secondary N) is 1. The van der Waals surface area contributed by atoms with E-state index in [1.807, 2.05) is 48.5 Å². The Hall–Kier alpha value is -1.68. The van der Waals surface area contributed by atoms with Gasteiger partial charge >= 0.3 is 0 Å². The molecule has 16 heavy (non-hydrogen) atoms. The highest BCUT2D eigenvalue weighted by atomic mass is 15.3. The summed E-state index contributed by atoms with van der Waals surface area (Å²) in [7, 11) is 1.96. The Morgan fingerprint density at radius 1 is 1.25 bits per heavy atom. The number of aryl methyl sites for hydroxylation is 1. The second kappa shape index (κ2) is 4.90. The maximum Gasteiger partial charge on any atom is 0.0749 e. The van der Waals surface area contributed by atoms with Gasteiger partial charge in [-0.25, -0.2) is 0 Å². The van der Waals surface area contributed by atoms with Crippen LogP contribution in [0.3, 0.4) is 0 Å². The molecule has 0 radical (unpaired) electrons. The van der Waals surface area contributed by atoms with Crippen molar-refractivity contribution < 1.29 is 0 Å². The molecule has 0 aliphatic heterocycles. The third-order valence-corrected chi connectivity index (χ3v) is 2.60. The van der Waals surface area contributed by atoms with E-state index in [1.54, 1.807) is 0 Å². The van der Waals surface area contributed by atoms with Gasteiger partial charge in [0.25, 0.3) is 0 Å². The van der Waals surface area contributed by atoms with Crippen LogP contribution in [0.5, 0.6) is 0 Å². The van der Waals surface area contributed by atoms with Crippen LogP contribution in [0.2, 0.25) is 0 Å². The highest BCUT2D eigenvalue weighted by Crippen LogP contribution is 2.20. The molecule has 2 aromatic heterocycles. The lowest BCUT2D eigenvalue weighted by atomic mass is 10.1. The van der Waals surface area contributed by atoms with Crippen molar-refractivity contribution in [3.05, 3.63) is 48.0 Å². The summed E-state index contributed by atoms with van der Waals surface area (Å²) in [5.74, 6) is 0. The first-order valence-electron chi connectivity index (χ1n) is 5.44. The monoisotopic (exact) mass is 216 g/mol. The second-order valence-corrected chi connectivity index (χ2v) is 3.65. The topological polar surface area (TPSA) is 42.7 Å². The summed E-state index contributed by atoms with van der Waals surface area (Å²) in [4.78, 5) is 4.04. The number of rotatable bonds is 4. The number of pyridine rings is 1. The molecule has 0 fully saturated rings. The zero-order chi connectivity index (χ0) is 11.4.